The molecule has 0 N–H and O–H groups in total. The Balaban J connectivity index is 2.93. The first kappa shape index (κ1) is 24.0. The van der Waals surface area contributed by atoms with Crippen LogP contribution < -0.4 is 0 Å². The molecule has 0 aromatic carbocycles. The molecule has 0 aliphatic rings. The van der Waals surface area contributed by atoms with Crippen LogP contribution in [0.5, 0.6) is 0 Å². The molecule has 24 heavy (non-hydrogen) atoms. The molecule has 0 amide bonds. The number of rotatable bonds is 21. The van der Waals surface area contributed by atoms with Crippen LogP contribution in [-0.2, 0) is 0 Å². The molecule has 0 heteroatoms. The fraction of sp³-hybridized carbons (Fsp3) is 0.958. The second-order valence-electron chi connectivity index (χ2n) is 7.92. The van der Waals surface area contributed by atoms with Crippen molar-refractivity contribution in [2.24, 2.45) is 0 Å². The quantitative estimate of drug-likeness (QED) is 0.183. The molecule has 0 saturated carbocycles. The standard InChI is InChI=1S/C24H49/c1-3-5-7-9-11-13-15-17-19-21-23-24-22-20-18-16-14-12-10-8-6-4-2/h1,3-24H2,2H3. The van der Waals surface area contributed by atoms with Crippen molar-refractivity contribution in [1.29, 1.82) is 0 Å². The van der Waals surface area contributed by atoms with Crippen LogP contribution >= 0.6 is 0 Å². The van der Waals surface area contributed by atoms with Crippen molar-refractivity contribution in [3.05, 3.63) is 6.92 Å². The predicted molar refractivity (Wildman–Crippen MR) is 113 cm³/mol. The highest BCUT2D eigenvalue weighted by Gasteiger charge is 1.95. The first-order valence-electron chi connectivity index (χ1n) is 11.7. The van der Waals surface area contributed by atoms with Crippen LogP contribution in [0.2, 0.25) is 0 Å². The zero-order chi connectivity index (χ0) is 17.6. The molecule has 0 aromatic rings. The number of unbranched alkanes of at least 4 members (excludes halogenated alkanes) is 21. The SMILES string of the molecule is [CH2]CCCCCCCCCCCCCCCCCCCCCCC. The molecule has 0 bridgehead atoms. The van der Waals surface area contributed by atoms with E-state index < -0.39 is 0 Å². The Kier molecular flexibility index (Phi) is 23.0. The van der Waals surface area contributed by atoms with Crippen LogP contribution in [0, 0.1) is 6.92 Å². The van der Waals surface area contributed by atoms with Gasteiger partial charge in [-0.1, -0.05) is 155 Å². The highest BCUT2D eigenvalue weighted by molar-refractivity contribution is 4.51. The molecular formula is C24H49. The van der Waals surface area contributed by atoms with Crippen molar-refractivity contribution in [2.75, 3.05) is 0 Å². The zero-order valence-corrected chi connectivity index (χ0v) is 17.3. The highest BCUT2D eigenvalue weighted by atomic mass is 14.0. The monoisotopic (exact) mass is 337 g/mol. The molecule has 0 heterocycles. The van der Waals surface area contributed by atoms with Crippen molar-refractivity contribution in [3.8, 4) is 0 Å². The van der Waals surface area contributed by atoms with Gasteiger partial charge in [-0.15, -0.1) is 0 Å². The second-order valence-corrected chi connectivity index (χ2v) is 7.92. The van der Waals surface area contributed by atoms with Crippen molar-refractivity contribution >= 4 is 0 Å². The van der Waals surface area contributed by atoms with E-state index in [1.807, 2.05) is 0 Å². The molecule has 1 radical (unpaired) electrons. The van der Waals surface area contributed by atoms with E-state index in [4.69, 9.17) is 0 Å². The predicted octanol–water partition coefficient (Wildman–Crippen LogP) is 9.42. The van der Waals surface area contributed by atoms with Crippen molar-refractivity contribution in [1.82, 2.24) is 0 Å². The lowest BCUT2D eigenvalue weighted by Gasteiger charge is -2.04. The van der Waals surface area contributed by atoms with Gasteiger partial charge in [0.25, 0.3) is 0 Å². The maximum atomic E-state index is 3.91. The maximum absolute atomic E-state index is 3.91. The number of hydrogen-bond donors (Lipinski definition) is 0. The third-order valence-corrected chi connectivity index (χ3v) is 5.35. The van der Waals surface area contributed by atoms with Gasteiger partial charge in [-0.2, -0.15) is 0 Å². The molecule has 0 rings (SSSR count). The average molecular weight is 338 g/mol. The largest absolute Gasteiger partial charge is 0.0654 e. The van der Waals surface area contributed by atoms with E-state index in [0.29, 0.717) is 0 Å². The minimum absolute atomic E-state index is 1.12. The van der Waals surface area contributed by atoms with Gasteiger partial charge in [-0.25, -0.2) is 0 Å². The zero-order valence-electron chi connectivity index (χ0n) is 17.3. The second kappa shape index (κ2) is 23.0. The van der Waals surface area contributed by atoms with E-state index in [0.717, 1.165) is 6.42 Å². The summed E-state index contributed by atoms with van der Waals surface area (Å²) in [4.78, 5) is 0. The summed E-state index contributed by atoms with van der Waals surface area (Å²) in [5.74, 6) is 0. The van der Waals surface area contributed by atoms with Crippen molar-refractivity contribution in [3.63, 3.8) is 0 Å². The smallest absolute Gasteiger partial charge is 0.0533 e. The minimum atomic E-state index is 1.12. The summed E-state index contributed by atoms with van der Waals surface area (Å²) in [6.07, 6.45) is 31.8. The molecule has 0 spiro atoms. The highest BCUT2D eigenvalue weighted by Crippen LogP contribution is 2.15. The first-order chi connectivity index (χ1) is 11.9. The van der Waals surface area contributed by atoms with E-state index in [1.165, 1.54) is 135 Å². The Morgan fingerprint density at radius 1 is 0.333 bits per heavy atom. The molecule has 0 atom stereocenters. The van der Waals surface area contributed by atoms with E-state index in [2.05, 4.69) is 13.8 Å². The fourth-order valence-corrected chi connectivity index (χ4v) is 3.61. The molecule has 0 unspecified atom stereocenters. The van der Waals surface area contributed by atoms with Gasteiger partial charge in [0.15, 0.2) is 0 Å². The lowest BCUT2D eigenvalue weighted by atomic mass is 10.0. The lowest BCUT2D eigenvalue weighted by molar-refractivity contribution is 0.520. The number of hydrogen-bond acceptors (Lipinski definition) is 0. The van der Waals surface area contributed by atoms with Crippen molar-refractivity contribution in [2.45, 2.75) is 148 Å². The Bertz CT molecular complexity index is 174. The van der Waals surface area contributed by atoms with Gasteiger partial charge >= 0.3 is 0 Å². The normalized spacial score (nSPS) is 11.2. The fourth-order valence-electron chi connectivity index (χ4n) is 3.61. The van der Waals surface area contributed by atoms with Gasteiger partial charge in [0.05, 0.1) is 0 Å². The van der Waals surface area contributed by atoms with Gasteiger partial charge in [-0.3, -0.25) is 0 Å². The molecule has 0 aromatic heterocycles. The Hall–Kier alpha value is 0. The van der Waals surface area contributed by atoms with Crippen LogP contribution in [0.15, 0.2) is 0 Å². The molecule has 145 valence electrons. The van der Waals surface area contributed by atoms with Crippen LogP contribution in [0.25, 0.3) is 0 Å². The lowest BCUT2D eigenvalue weighted by Crippen LogP contribution is -1.84. The summed E-state index contributed by atoms with van der Waals surface area (Å²) in [5.41, 5.74) is 0. The molecule has 0 aliphatic heterocycles. The Morgan fingerprint density at radius 2 is 0.542 bits per heavy atom. The third kappa shape index (κ3) is 22.0. The maximum Gasteiger partial charge on any atom is -0.0533 e. The van der Waals surface area contributed by atoms with Gasteiger partial charge in [0.2, 0.25) is 0 Å². The van der Waals surface area contributed by atoms with Crippen LogP contribution in [0.4, 0.5) is 0 Å². The molecule has 0 nitrogen and oxygen atoms in total. The Morgan fingerprint density at radius 3 is 0.750 bits per heavy atom. The van der Waals surface area contributed by atoms with Crippen LogP contribution in [0.1, 0.15) is 148 Å². The third-order valence-electron chi connectivity index (χ3n) is 5.35. The van der Waals surface area contributed by atoms with E-state index in [-0.39, 0.29) is 0 Å². The van der Waals surface area contributed by atoms with Crippen molar-refractivity contribution < 1.29 is 0 Å². The topological polar surface area (TPSA) is 0 Å². The van der Waals surface area contributed by atoms with Gasteiger partial charge in [-0.05, 0) is 0 Å². The summed E-state index contributed by atoms with van der Waals surface area (Å²) < 4.78 is 0. The summed E-state index contributed by atoms with van der Waals surface area (Å²) in [5, 5.41) is 0. The average Bonchev–Trinajstić information content (AvgIpc) is 2.60. The van der Waals surface area contributed by atoms with Crippen LogP contribution in [0.3, 0.4) is 0 Å². The van der Waals surface area contributed by atoms with E-state index >= 15 is 0 Å². The summed E-state index contributed by atoms with van der Waals surface area (Å²) in [6, 6.07) is 0. The Labute approximate surface area is 155 Å². The summed E-state index contributed by atoms with van der Waals surface area (Å²) in [7, 11) is 0. The summed E-state index contributed by atoms with van der Waals surface area (Å²) in [6.45, 7) is 6.20. The van der Waals surface area contributed by atoms with Gasteiger partial charge in [0, 0.05) is 0 Å². The first-order valence-corrected chi connectivity index (χ1v) is 11.7. The molecule has 0 saturated heterocycles. The molecular weight excluding hydrogens is 288 g/mol. The molecule has 0 aliphatic carbocycles. The van der Waals surface area contributed by atoms with Gasteiger partial charge < -0.3 is 0 Å². The van der Waals surface area contributed by atoms with E-state index in [1.54, 1.807) is 0 Å². The summed E-state index contributed by atoms with van der Waals surface area (Å²) >= 11 is 0. The van der Waals surface area contributed by atoms with Gasteiger partial charge in [0.1, 0.15) is 0 Å². The van der Waals surface area contributed by atoms with Crippen LogP contribution in [-0.4, -0.2) is 0 Å². The van der Waals surface area contributed by atoms with E-state index in [9.17, 15) is 0 Å². The minimum Gasteiger partial charge on any atom is -0.0654 e. The molecule has 0 fully saturated rings.